The van der Waals surface area contributed by atoms with E-state index in [4.69, 9.17) is 15.0 Å². The average molecular weight is 515 g/mol. The Hall–Kier alpha value is -1.58. The van der Waals surface area contributed by atoms with Gasteiger partial charge in [0.2, 0.25) is 0 Å². The Morgan fingerprint density at radius 3 is 2.47 bits per heavy atom. The van der Waals surface area contributed by atoms with Crippen LogP contribution in [0.3, 0.4) is 0 Å². The summed E-state index contributed by atoms with van der Waals surface area (Å²) in [5.41, 5.74) is 5.82. The van der Waals surface area contributed by atoms with E-state index in [0.29, 0.717) is 5.82 Å². The molecule has 1 fully saturated rings. The van der Waals surface area contributed by atoms with Crippen LogP contribution in [0.1, 0.15) is 18.2 Å². The van der Waals surface area contributed by atoms with Gasteiger partial charge in [-0.2, -0.15) is 4.31 Å². The molecule has 2 aromatic heterocycles. The smallest absolute Gasteiger partial charge is 0.387 e. The van der Waals surface area contributed by atoms with Gasteiger partial charge < -0.3 is 35.4 Å². The molecule has 17 nitrogen and oxygen atoms in total. The van der Waals surface area contributed by atoms with Crippen molar-refractivity contribution in [2.75, 3.05) is 5.73 Å². The van der Waals surface area contributed by atoms with Crippen LogP contribution in [0.25, 0.3) is 11.2 Å². The van der Waals surface area contributed by atoms with E-state index < -0.39 is 53.9 Å². The number of phosphoric acid groups is 2. The summed E-state index contributed by atoms with van der Waals surface area (Å²) in [5, 5.41) is 20.6. The molecule has 1 saturated heterocycles. The third kappa shape index (κ3) is 4.07. The number of phosphoric ester groups is 1. The third-order valence-corrected chi connectivity index (χ3v) is 8.89. The molecular weight excluding hydrogens is 499 g/mol. The molecule has 20 heteroatoms. The molecule has 176 valence electrons. The molecule has 7 N–H and O–H groups in total. The molecule has 2 aliphatic heterocycles. The number of ether oxygens (including phenoxy) is 1. The lowest BCUT2D eigenvalue weighted by atomic mass is 10.1. The van der Waals surface area contributed by atoms with Gasteiger partial charge in [0.25, 0.3) is 0 Å². The number of nitrogens with two attached hydrogens (primary N) is 1. The fraction of sp³-hybridized carbons (Fsp3) is 0.417. The largest absolute Gasteiger partial charge is 0.488 e. The van der Waals surface area contributed by atoms with Crippen molar-refractivity contribution >= 4 is 40.2 Å². The number of anilines is 1. The minimum atomic E-state index is -5.63. The third-order valence-electron chi connectivity index (χ3n) is 4.52. The molecule has 4 rings (SSSR count). The minimum Gasteiger partial charge on any atom is -0.387 e. The van der Waals surface area contributed by atoms with E-state index in [1.807, 2.05) is 0 Å². The number of rotatable bonds is 7. The SMILES string of the molecule is C=CP(=O)(O)OP(=O)(O)OP(=O)(O)OC1c2nc3c(N)ncnc3n2C2OC1C(O)C2O. The van der Waals surface area contributed by atoms with Crippen LogP contribution >= 0.6 is 23.2 Å². The second-order valence-corrected chi connectivity index (χ2v) is 11.5. The monoisotopic (exact) mass is 515 g/mol. The maximum Gasteiger partial charge on any atom is 0.488 e. The second-order valence-electron chi connectivity index (χ2n) is 6.62. The van der Waals surface area contributed by atoms with Gasteiger partial charge in [0.1, 0.15) is 30.5 Å². The summed E-state index contributed by atoms with van der Waals surface area (Å²) in [6, 6.07) is 0. The molecule has 2 aliphatic rings. The van der Waals surface area contributed by atoms with E-state index in [9.17, 15) is 38.6 Å². The van der Waals surface area contributed by atoms with Crippen LogP contribution in [-0.4, -0.2) is 62.7 Å². The highest BCUT2D eigenvalue weighted by Crippen LogP contribution is 2.69. The van der Waals surface area contributed by atoms with E-state index in [0.717, 1.165) is 10.9 Å². The van der Waals surface area contributed by atoms with Crippen molar-refractivity contribution in [2.45, 2.75) is 30.6 Å². The lowest BCUT2D eigenvalue weighted by molar-refractivity contribution is -0.110. The standard InChI is InChI=1S/C12H16N5O12P3/c1-2-30(20,21)28-32(24,25)29-31(22,23)27-8-7-5(18)6(19)12(26-7)17-10-4(16-11(8)17)9(13)14-3-15-10/h2-3,5-8,12,18-19H,1H2,(H,20,21)(H,22,23)(H,24,25)(H2,13,14,15). The molecule has 2 aromatic rings. The predicted octanol–water partition coefficient (Wildman–Crippen LogP) is -0.338. The van der Waals surface area contributed by atoms with Gasteiger partial charge in [-0.15, -0.1) is 0 Å². The van der Waals surface area contributed by atoms with Crippen molar-refractivity contribution in [3.63, 3.8) is 0 Å². The lowest BCUT2D eigenvalue weighted by Crippen LogP contribution is -2.35. The van der Waals surface area contributed by atoms with E-state index in [1.54, 1.807) is 0 Å². The highest BCUT2D eigenvalue weighted by molar-refractivity contribution is 7.69. The zero-order chi connectivity index (χ0) is 23.6. The number of imidazole rings is 1. The van der Waals surface area contributed by atoms with Crippen molar-refractivity contribution < 1.29 is 56.5 Å². The maximum atomic E-state index is 12.4. The first-order chi connectivity index (χ1) is 14.8. The van der Waals surface area contributed by atoms with Crippen LogP contribution in [0.15, 0.2) is 18.7 Å². The van der Waals surface area contributed by atoms with Crippen LogP contribution in [0, 0.1) is 0 Å². The van der Waals surface area contributed by atoms with Crippen molar-refractivity contribution in [2.24, 2.45) is 0 Å². The number of aliphatic hydroxyl groups excluding tert-OH is 2. The summed E-state index contributed by atoms with van der Waals surface area (Å²) in [6.07, 6.45) is -6.56. The summed E-state index contributed by atoms with van der Waals surface area (Å²) in [6.45, 7) is 2.91. The van der Waals surface area contributed by atoms with Gasteiger partial charge >= 0.3 is 23.2 Å². The first-order valence-electron chi connectivity index (χ1n) is 8.48. The molecule has 8 unspecified atom stereocenters. The fourth-order valence-electron chi connectivity index (χ4n) is 3.29. The Bertz CT molecular complexity index is 1240. The lowest BCUT2D eigenvalue weighted by Gasteiger charge is -2.31. The molecule has 0 aromatic carbocycles. The van der Waals surface area contributed by atoms with Crippen molar-refractivity contribution in [3.8, 4) is 0 Å². The Kier molecular flexibility index (Phi) is 5.70. The van der Waals surface area contributed by atoms with Crippen LogP contribution < -0.4 is 5.73 Å². The van der Waals surface area contributed by atoms with Gasteiger partial charge in [-0.25, -0.2) is 28.4 Å². The highest BCUT2D eigenvalue weighted by Gasteiger charge is 2.57. The molecule has 0 saturated carbocycles. The van der Waals surface area contributed by atoms with E-state index in [1.165, 1.54) is 0 Å². The Morgan fingerprint density at radius 1 is 1.12 bits per heavy atom. The molecule has 0 spiro atoms. The molecular formula is C12H16N5O12P3. The Morgan fingerprint density at radius 2 is 1.81 bits per heavy atom. The van der Waals surface area contributed by atoms with Gasteiger partial charge in [-0.1, -0.05) is 6.58 Å². The number of nitrogens with zero attached hydrogens (tertiary/aromatic N) is 4. The van der Waals surface area contributed by atoms with E-state index in [2.05, 4.69) is 30.2 Å². The quantitative estimate of drug-likeness (QED) is 0.258. The van der Waals surface area contributed by atoms with Gasteiger partial charge in [0.15, 0.2) is 29.3 Å². The van der Waals surface area contributed by atoms with Crippen LogP contribution in [0.5, 0.6) is 0 Å². The van der Waals surface area contributed by atoms with Crippen LogP contribution in [0.2, 0.25) is 0 Å². The van der Waals surface area contributed by atoms with E-state index in [-0.39, 0.29) is 22.8 Å². The average Bonchev–Trinajstić information content (AvgIpc) is 3.17. The normalized spacial score (nSPS) is 32.6. The van der Waals surface area contributed by atoms with Crippen molar-refractivity contribution in [1.29, 1.82) is 0 Å². The maximum absolute atomic E-state index is 12.4. The summed E-state index contributed by atoms with van der Waals surface area (Å²) in [5.74, 6) is 0.0117. The second kappa shape index (κ2) is 7.74. The highest BCUT2D eigenvalue weighted by atomic mass is 31.3. The van der Waals surface area contributed by atoms with Crippen LogP contribution in [-0.2, 0) is 31.6 Å². The molecule has 0 aliphatic carbocycles. The number of nitrogen functional groups attached to an aromatic ring is 1. The van der Waals surface area contributed by atoms with Crippen molar-refractivity contribution in [3.05, 3.63) is 24.5 Å². The summed E-state index contributed by atoms with van der Waals surface area (Å²) in [4.78, 5) is 40.7. The van der Waals surface area contributed by atoms with Crippen molar-refractivity contribution in [1.82, 2.24) is 19.5 Å². The summed E-state index contributed by atoms with van der Waals surface area (Å²) < 4.78 is 55.3. The fourth-order valence-corrected chi connectivity index (χ4v) is 6.82. The molecule has 4 heterocycles. The van der Waals surface area contributed by atoms with Gasteiger partial charge in [-0.3, -0.25) is 13.7 Å². The number of aliphatic hydroxyl groups is 2. The summed E-state index contributed by atoms with van der Waals surface area (Å²) >= 11 is 0. The zero-order valence-corrected chi connectivity index (χ0v) is 18.2. The topological polar surface area (TPSA) is 259 Å². The Labute approximate surface area is 177 Å². The minimum absolute atomic E-state index is 0.0194. The Balaban J connectivity index is 1.71. The summed E-state index contributed by atoms with van der Waals surface area (Å²) in [7, 11) is -16.0. The number of hydrogen-bond donors (Lipinski definition) is 6. The molecule has 0 radical (unpaired) electrons. The molecule has 32 heavy (non-hydrogen) atoms. The van der Waals surface area contributed by atoms with Crippen LogP contribution in [0.4, 0.5) is 5.82 Å². The first-order valence-corrected chi connectivity index (χ1v) is 13.1. The van der Waals surface area contributed by atoms with Gasteiger partial charge in [-0.05, 0) is 0 Å². The zero-order valence-electron chi connectivity index (χ0n) is 15.6. The molecule has 8 atom stereocenters. The molecule has 0 amide bonds. The predicted molar refractivity (Wildman–Crippen MR) is 101 cm³/mol. The molecule has 2 bridgehead atoms. The number of hydrogen-bond acceptors (Lipinski definition) is 13. The van der Waals surface area contributed by atoms with E-state index >= 15 is 0 Å². The van der Waals surface area contributed by atoms with Gasteiger partial charge in [0, 0.05) is 5.82 Å². The number of fused-ring (bicyclic) bond motifs is 6. The number of aromatic nitrogens is 4. The van der Waals surface area contributed by atoms with Gasteiger partial charge in [0.05, 0.1) is 0 Å². The first kappa shape index (κ1) is 23.6.